The maximum Gasteiger partial charge on any atom is 0.246 e. The fraction of sp³-hybridized carbons (Fsp3) is 0.727. The average Bonchev–Trinajstić information content (AvgIpc) is 2.69. The van der Waals surface area contributed by atoms with Crippen LogP contribution in [0.5, 0.6) is 0 Å². The van der Waals surface area contributed by atoms with Gasteiger partial charge in [0.2, 0.25) is 10.0 Å². The molecule has 1 aromatic rings. The molecule has 0 radical (unpaired) electrons. The summed E-state index contributed by atoms with van der Waals surface area (Å²) in [4.78, 5) is 0.326. The first kappa shape index (κ1) is 13.8. The maximum absolute atomic E-state index is 12.5. The van der Waals surface area contributed by atoms with Crippen LogP contribution in [0.1, 0.15) is 24.2 Å². The van der Waals surface area contributed by atoms with Gasteiger partial charge in [-0.15, -0.1) is 11.6 Å². The van der Waals surface area contributed by atoms with Gasteiger partial charge >= 0.3 is 0 Å². The van der Waals surface area contributed by atoms with Crippen LogP contribution in [0, 0.1) is 19.8 Å². The van der Waals surface area contributed by atoms with Crippen LogP contribution in [0.15, 0.2) is 4.90 Å². The molecule has 2 rings (SSSR count). The standard InChI is InChI=1S/C11H18ClN3O2S/c1-8-11(9(2)14-13-8)18(16,17)15-5-3-10(7-12)4-6-15/h10H,3-7H2,1-2H3,(H,13,14). The number of piperidine rings is 1. The van der Waals surface area contributed by atoms with E-state index < -0.39 is 10.0 Å². The molecule has 7 heteroatoms. The Balaban J connectivity index is 2.23. The van der Waals surface area contributed by atoms with Crippen LogP contribution in [0.3, 0.4) is 0 Å². The summed E-state index contributed by atoms with van der Waals surface area (Å²) in [6.07, 6.45) is 1.66. The van der Waals surface area contributed by atoms with Crippen LogP contribution in [-0.2, 0) is 10.0 Å². The van der Waals surface area contributed by atoms with Crippen molar-refractivity contribution >= 4 is 21.6 Å². The molecular formula is C11H18ClN3O2S. The second kappa shape index (κ2) is 5.19. The molecule has 18 heavy (non-hydrogen) atoms. The average molecular weight is 292 g/mol. The summed E-state index contributed by atoms with van der Waals surface area (Å²) in [6, 6.07) is 0. The fourth-order valence-electron chi connectivity index (χ4n) is 2.35. The molecule has 0 atom stereocenters. The third-order valence-electron chi connectivity index (χ3n) is 3.45. The van der Waals surface area contributed by atoms with Crippen LogP contribution in [0.2, 0.25) is 0 Å². The van der Waals surface area contributed by atoms with E-state index in [0.29, 0.717) is 41.2 Å². The summed E-state index contributed by atoms with van der Waals surface area (Å²) in [5.41, 5.74) is 1.14. The lowest BCUT2D eigenvalue weighted by Crippen LogP contribution is -2.39. The molecule has 1 saturated heterocycles. The van der Waals surface area contributed by atoms with Gasteiger partial charge in [0.05, 0.1) is 11.4 Å². The number of nitrogens with one attached hydrogen (secondary N) is 1. The van der Waals surface area contributed by atoms with E-state index in [0.717, 1.165) is 12.8 Å². The topological polar surface area (TPSA) is 66.1 Å². The number of hydrogen-bond acceptors (Lipinski definition) is 3. The number of rotatable bonds is 3. The SMILES string of the molecule is Cc1n[nH]c(C)c1S(=O)(=O)N1CCC(CCl)CC1. The first-order valence-corrected chi connectivity index (χ1v) is 8.02. The molecule has 1 aliphatic rings. The molecule has 2 heterocycles. The van der Waals surface area contributed by atoms with Crippen molar-refractivity contribution in [1.29, 1.82) is 0 Å². The molecule has 0 spiro atoms. The Hall–Kier alpha value is -0.590. The number of aromatic nitrogens is 2. The molecule has 1 aromatic heterocycles. The molecule has 1 N–H and O–H groups in total. The van der Waals surface area contributed by atoms with Crippen molar-refractivity contribution in [3.8, 4) is 0 Å². The van der Waals surface area contributed by atoms with E-state index >= 15 is 0 Å². The minimum absolute atomic E-state index is 0.326. The summed E-state index contributed by atoms with van der Waals surface area (Å²) in [6.45, 7) is 4.54. The molecule has 0 unspecified atom stereocenters. The van der Waals surface area contributed by atoms with Gasteiger partial charge in [-0.1, -0.05) is 0 Å². The highest BCUT2D eigenvalue weighted by Gasteiger charge is 2.32. The van der Waals surface area contributed by atoms with Crippen LogP contribution >= 0.6 is 11.6 Å². The predicted molar refractivity (Wildman–Crippen MR) is 70.3 cm³/mol. The van der Waals surface area contributed by atoms with E-state index in [2.05, 4.69) is 10.2 Å². The Morgan fingerprint density at radius 2 is 2.00 bits per heavy atom. The molecule has 0 bridgehead atoms. The van der Waals surface area contributed by atoms with Crippen molar-refractivity contribution in [2.45, 2.75) is 31.6 Å². The lowest BCUT2D eigenvalue weighted by atomic mass is 10.0. The molecule has 0 saturated carbocycles. The third-order valence-corrected chi connectivity index (χ3v) is 6.05. The van der Waals surface area contributed by atoms with Gasteiger partial charge in [-0.3, -0.25) is 5.10 Å². The highest BCUT2D eigenvalue weighted by Crippen LogP contribution is 2.26. The normalized spacial score (nSPS) is 19.3. The van der Waals surface area contributed by atoms with Gasteiger partial charge in [-0.25, -0.2) is 8.42 Å². The summed E-state index contributed by atoms with van der Waals surface area (Å²) >= 11 is 5.81. The van der Waals surface area contributed by atoms with E-state index in [1.165, 1.54) is 0 Å². The van der Waals surface area contributed by atoms with Crippen molar-refractivity contribution in [3.05, 3.63) is 11.4 Å². The number of aromatic amines is 1. The Bertz CT molecular complexity index is 499. The Labute approximate surface area is 113 Å². The van der Waals surface area contributed by atoms with Crippen molar-refractivity contribution in [1.82, 2.24) is 14.5 Å². The van der Waals surface area contributed by atoms with Crippen LogP contribution in [-0.4, -0.2) is 41.9 Å². The van der Waals surface area contributed by atoms with Gasteiger partial charge in [0.25, 0.3) is 0 Å². The van der Waals surface area contributed by atoms with Gasteiger partial charge in [0.1, 0.15) is 4.90 Å². The van der Waals surface area contributed by atoms with Crippen LogP contribution < -0.4 is 0 Å². The van der Waals surface area contributed by atoms with Gasteiger partial charge in [-0.05, 0) is 32.6 Å². The molecule has 0 amide bonds. The minimum Gasteiger partial charge on any atom is -0.281 e. The number of nitrogens with zero attached hydrogens (tertiary/aromatic N) is 2. The zero-order valence-corrected chi connectivity index (χ0v) is 12.2. The molecule has 102 valence electrons. The Morgan fingerprint density at radius 1 is 1.39 bits per heavy atom. The lowest BCUT2D eigenvalue weighted by Gasteiger charge is -2.30. The van der Waals surface area contributed by atoms with Crippen molar-refractivity contribution in [3.63, 3.8) is 0 Å². The van der Waals surface area contributed by atoms with E-state index in [4.69, 9.17) is 11.6 Å². The second-order valence-corrected chi connectivity index (χ2v) is 6.95. The zero-order valence-electron chi connectivity index (χ0n) is 10.6. The second-order valence-electron chi connectivity index (χ2n) is 4.76. The van der Waals surface area contributed by atoms with Crippen LogP contribution in [0.4, 0.5) is 0 Å². The molecular weight excluding hydrogens is 274 g/mol. The Morgan fingerprint density at radius 3 is 2.44 bits per heavy atom. The smallest absolute Gasteiger partial charge is 0.246 e. The summed E-state index contributed by atoms with van der Waals surface area (Å²) in [5, 5.41) is 6.68. The minimum atomic E-state index is -3.42. The lowest BCUT2D eigenvalue weighted by molar-refractivity contribution is 0.290. The molecule has 1 aliphatic heterocycles. The van der Waals surface area contributed by atoms with Gasteiger partial charge in [0.15, 0.2) is 0 Å². The third kappa shape index (κ3) is 2.41. The van der Waals surface area contributed by atoms with Crippen LogP contribution in [0.25, 0.3) is 0 Å². The zero-order chi connectivity index (χ0) is 13.3. The van der Waals surface area contributed by atoms with Gasteiger partial charge in [-0.2, -0.15) is 9.40 Å². The van der Waals surface area contributed by atoms with Crippen molar-refractivity contribution in [2.24, 2.45) is 5.92 Å². The van der Waals surface area contributed by atoms with E-state index in [1.54, 1.807) is 18.2 Å². The van der Waals surface area contributed by atoms with E-state index in [9.17, 15) is 8.42 Å². The largest absolute Gasteiger partial charge is 0.281 e. The number of H-pyrrole nitrogens is 1. The summed E-state index contributed by atoms with van der Waals surface area (Å²) in [7, 11) is -3.42. The van der Waals surface area contributed by atoms with Crippen molar-refractivity contribution < 1.29 is 8.42 Å². The summed E-state index contributed by atoms with van der Waals surface area (Å²) < 4.78 is 26.6. The monoisotopic (exact) mass is 291 g/mol. The van der Waals surface area contributed by atoms with Gasteiger partial charge < -0.3 is 0 Å². The predicted octanol–water partition coefficient (Wildman–Crippen LogP) is 1.67. The van der Waals surface area contributed by atoms with E-state index in [1.807, 2.05) is 0 Å². The molecule has 1 fully saturated rings. The maximum atomic E-state index is 12.5. The number of hydrogen-bond donors (Lipinski definition) is 1. The number of halogens is 1. The fourth-order valence-corrected chi connectivity index (χ4v) is 4.46. The highest BCUT2D eigenvalue weighted by molar-refractivity contribution is 7.89. The number of aryl methyl sites for hydroxylation is 2. The quantitative estimate of drug-likeness (QED) is 0.862. The molecule has 5 nitrogen and oxygen atoms in total. The first-order valence-electron chi connectivity index (χ1n) is 6.04. The number of sulfonamides is 1. The van der Waals surface area contributed by atoms with Crippen molar-refractivity contribution in [2.75, 3.05) is 19.0 Å². The highest BCUT2D eigenvalue weighted by atomic mass is 35.5. The van der Waals surface area contributed by atoms with E-state index in [-0.39, 0.29) is 0 Å². The molecule has 0 aromatic carbocycles. The number of alkyl halides is 1. The molecule has 0 aliphatic carbocycles. The first-order chi connectivity index (χ1) is 8.46. The summed E-state index contributed by atoms with van der Waals surface area (Å²) in [5.74, 6) is 1.04. The van der Waals surface area contributed by atoms with Gasteiger partial charge in [0, 0.05) is 19.0 Å². The Kier molecular flexibility index (Phi) is 3.99.